The van der Waals surface area contributed by atoms with Crippen molar-refractivity contribution in [1.82, 2.24) is 10.3 Å². The van der Waals surface area contributed by atoms with Crippen molar-refractivity contribution in [3.05, 3.63) is 64.2 Å². The van der Waals surface area contributed by atoms with Gasteiger partial charge in [-0.3, -0.25) is 4.79 Å². The number of aromatic amines is 1. The lowest BCUT2D eigenvalue weighted by molar-refractivity contribution is -0.168. The molecule has 2 aromatic heterocycles. The number of rotatable bonds is 16. The minimum atomic E-state index is -0.569. The first-order valence-electron chi connectivity index (χ1n) is 13.3. The van der Waals surface area contributed by atoms with Crippen molar-refractivity contribution in [2.45, 2.75) is 32.0 Å². The number of nitrogens with one attached hydrogen (secondary N) is 2. The highest BCUT2D eigenvalue weighted by atomic mass is 32.1. The second-order valence-corrected chi connectivity index (χ2v) is 9.97. The zero-order valence-corrected chi connectivity index (χ0v) is 23.3. The molecule has 0 aliphatic carbocycles. The Hall–Kier alpha value is -2.89. The molecule has 0 fully saturated rings. The summed E-state index contributed by atoms with van der Waals surface area (Å²) in [5.41, 5.74) is 3.26. The summed E-state index contributed by atoms with van der Waals surface area (Å²) in [5, 5.41) is 17.1. The highest BCUT2D eigenvalue weighted by Gasteiger charge is 2.38. The second-order valence-electron chi connectivity index (χ2n) is 9.19. The van der Waals surface area contributed by atoms with Crippen LogP contribution in [0.3, 0.4) is 0 Å². The zero-order valence-electron chi connectivity index (χ0n) is 22.5. The van der Waals surface area contributed by atoms with Gasteiger partial charge in [-0.25, -0.2) is 0 Å². The lowest BCUT2D eigenvalue weighted by atomic mass is 9.82. The molecule has 1 aromatic carbocycles. The predicted molar refractivity (Wildman–Crippen MR) is 150 cm³/mol. The number of aliphatic hydroxyl groups is 1. The van der Waals surface area contributed by atoms with E-state index in [1.54, 1.807) is 18.4 Å². The zero-order chi connectivity index (χ0) is 27.5. The molecular weight excluding hydrogens is 520 g/mol. The first-order valence-corrected chi connectivity index (χ1v) is 14.3. The van der Waals surface area contributed by atoms with Gasteiger partial charge in [-0.15, -0.1) is 0 Å². The summed E-state index contributed by atoms with van der Waals surface area (Å²) in [6, 6.07) is 7.99. The first-order chi connectivity index (χ1) is 19.1. The van der Waals surface area contributed by atoms with Crippen molar-refractivity contribution >= 4 is 28.1 Å². The number of benzene rings is 1. The van der Waals surface area contributed by atoms with Gasteiger partial charge in [0.2, 0.25) is 6.29 Å². The van der Waals surface area contributed by atoms with E-state index in [0.717, 1.165) is 27.8 Å². The van der Waals surface area contributed by atoms with Gasteiger partial charge in [-0.2, -0.15) is 11.3 Å². The van der Waals surface area contributed by atoms with Crippen molar-refractivity contribution in [3.63, 3.8) is 0 Å². The number of amides is 1. The predicted octanol–water partition coefficient (Wildman–Crippen LogP) is 3.99. The number of aliphatic hydroxyl groups excluding tert-OH is 1. The maximum atomic E-state index is 13.2. The summed E-state index contributed by atoms with van der Waals surface area (Å²) < 4.78 is 28.5. The molecule has 1 aliphatic heterocycles. The van der Waals surface area contributed by atoms with Crippen LogP contribution < -0.4 is 10.1 Å². The SMILES string of the molecule is CCO[C@H]1OC(C(=O)NCCc2c[nH]c3ccc(OC)cc23)=C[C@@H](c2ccsc2)[C@@H]1CCOCCOCCO. The highest BCUT2D eigenvalue weighted by Crippen LogP contribution is 2.39. The van der Waals surface area contributed by atoms with Gasteiger partial charge in [0.05, 0.1) is 33.5 Å². The molecule has 0 bridgehead atoms. The summed E-state index contributed by atoms with van der Waals surface area (Å²) >= 11 is 1.62. The van der Waals surface area contributed by atoms with Gasteiger partial charge in [-0.05, 0) is 72.0 Å². The number of thiophene rings is 1. The van der Waals surface area contributed by atoms with Crippen LogP contribution in [-0.2, 0) is 30.2 Å². The number of methoxy groups -OCH3 is 1. The Kier molecular flexibility index (Phi) is 11.2. The van der Waals surface area contributed by atoms with Crippen LogP contribution in [0.4, 0.5) is 0 Å². The number of carbonyl (C=O) groups is 1. The Bertz CT molecular complexity index is 1190. The van der Waals surface area contributed by atoms with E-state index in [-0.39, 0.29) is 30.1 Å². The largest absolute Gasteiger partial charge is 0.497 e. The summed E-state index contributed by atoms with van der Waals surface area (Å²) in [6.07, 6.45) is 4.67. The minimum Gasteiger partial charge on any atom is -0.497 e. The first kappa shape index (κ1) is 29.1. The summed E-state index contributed by atoms with van der Waals surface area (Å²) in [5.74, 6) is 0.755. The van der Waals surface area contributed by atoms with Crippen molar-refractivity contribution in [1.29, 1.82) is 0 Å². The number of hydrogen-bond acceptors (Lipinski definition) is 8. The third kappa shape index (κ3) is 7.83. The molecule has 4 rings (SSSR count). The van der Waals surface area contributed by atoms with Gasteiger partial charge in [0.1, 0.15) is 5.75 Å². The molecule has 39 heavy (non-hydrogen) atoms. The summed E-state index contributed by atoms with van der Waals surface area (Å²) in [6.45, 7) is 4.53. The van der Waals surface area contributed by atoms with Crippen molar-refractivity contribution in [2.75, 3.05) is 53.3 Å². The average molecular weight is 559 g/mol. The summed E-state index contributed by atoms with van der Waals surface area (Å²) in [4.78, 5) is 16.5. The normalized spacial score (nSPS) is 19.1. The molecule has 0 saturated carbocycles. The average Bonchev–Trinajstić information content (AvgIpc) is 3.63. The molecule has 3 aromatic rings. The van der Waals surface area contributed by atoms with Gasteiger partial charge in [0.25, 0.3) is 5.91 Å². The van der Waals surface area contributed by atoms with Crippen LogP contribution in [0.15, 0.2) is 53.1 Å². The van der Waals surface area contributed by atoms with Crippen molar-refractivity contribution < 1.29 is 33.6 Å². The molecule has 0 spiro atoms. The van der Waals surface area contributed by atoms with Gasteiger partial charge in [0, 0.05) is 48.7 Å². The van der Waals surface area contributed by atoms with Gasteiger partial charge in [-0.1, -0.05) is 0 Å². The van der Waals surface area contributed by atoms with E-state index < -0.39 is 6.29 Å². The van der Waals surface area contributed by atoms with Crippen molar-refractivity contribution in [3.8, 4) is 5.75 Å². The number of fused-ring (bicyclic) bond motifs is 1. The Morgan fingerprint density at radius 2 is 2.03 bits per heavy atom. The van der Waals surface area contributed by atoms with E-state index in [1.165, 1.54) is 0 Å². The fourth-order valence-corrected chi connectivity index (χ4v) is 5.48. The molecule has 3 N–H and O–H groups in total. The van der Waals surface area contributed by atoms with Crippen LogP contribution in [0.5, 0.6) is 5.75 Å². The quantitative estimate of drug-likeness (QED) is 0.228. The molecule has 212 valence electrons. The molecule has 3 atom stereocenters. The Morgan fingerprint density at radius 1 is 1.18 bits per heavy atom. The van der Waals surface area contributed by atoms with E-state index in [9.17, 15) is 4.79 Å². The number of H-pyrrole nitrogens is 1. The number of carbonyl (C=O) groups excluding carboxylic acids is 1. The Morgan fingerprint density at radius 3 is 2.77 bits per heavy atom. The van der Waals surface area contributed by atoms with E-state index in [0.29, 0.717) is 52.4 Å². The van der Waals surface area contributed by atoms with Crippen LogP contribution in [0.1, 0.15) is 30.4 Å². The van der Waals surface area contributed by atoms with Gasteiger partial charge in [0.15, 0.2) is 5.76 Å². The van der Waals surface area contributed by atoms with Crippen molar-refractivity contribution in [2.24, 2.45) is 5.92 Å². The molecule has 0 unspecified atom stereocenters. The molecule has 9 nitrogen and oxygen atoms in total. The van der Waals surface area contributed by atoms with Crippen LogP contribution in [0, 0.1) is 5.92 Å². The Balaban J connectivity index is 1.40. The maximum Gasteiger partial charge on any atom is 0.286 e. The topological polar surface area (TPSA) is 111 Å². The van der Waals surface area contributed by atoms with Gasteiger partial charge < -0.3 is 39.1 Å². The molecule has 10 heteroatoms. The molecule has 1 aliphatic rings. The van der Waals surface area contributed by atoms with E-state index in [1.807, 2.05) is 42.8 Å². The fourth-order valence-electron chi connectivity index (χ4n) is 4.78. The maximum absolute atomic E-state index is 13.2. The lowest BCUT2D eigenvalue weighted by Crippen LogP contribution is -2.39. The van der Waals surface area contributed by atoms with Crippen LogP contribution in [0.25, 0.3) is 10.9 Å². The van der Waals surface area contributed by atoms with E-state index in [2.05, 4.69) is 21.7 Å². The van der Waals surface area contributed by atoms with E-state index >= 15 is 0 Å². The lowest BCUT2D eigenvalue weighted by Gasteiger charge is -2.36. The molecule has 0 saturated heterocycles. The molecule has 3 heterocycles. The number of allylic oxidation sites excluding steroid dienone is 1. The fraction of sp³-hybridized carbons (Fsp3) is 0.483. The minimum absolute atomic E-state index is 0.00171. The molecular formula is C29H38N2O7S. The smallest absolute Gasteiger partial charge is 0.286 e. The number of ether oxygens (including phenoxy) is 5. The van der Waals surface area contributed by atoms with Crippen LogP contribution >= 0.6 is 11.3 Å². The number of hydrogen-bond donors (Lipinski definition) is 3. The highest BCUT2D eigenvalue weighted by molar-refractivity contribution is 7.08. The third-order valence-electron chi connectivity index (χ3n) is 6.73. The van der Waals surface area contributed by atoms with Crippen LogP contribution in [-0.4, -0.2) is 75.6 Å². The monoisotopic (exact) mass is 558 g/mol. The third-order valence-corrected chi connectivity index (χ3v) is 7.43. The van der Waals surface area contributed by atoms with Gasteiger partial charge >= 0.3 is 0 Å². The Labute approximate surface area is 233 Å². The standard InChI is InChI=1S/C29H38N2O7S/c1-3-37-29-23(7-11-35-13-14-36-12-10-32)24(21-8-15-39-19-21)17-27(38-29)28(33)30-9-6-20-18-31-26-5-4-22(34-2)16-25(20)26/h4-5,8,15-19,23-24,29,31-32H,3,6-7,9-14H2,1-2H3,(H,30,33)/t23-,24-,29-/m0/s1. The second kappa shape index (κ2) is 15.0. The molecule has 0 radical (unpaired) electrons. The molecule has 1 amide bonds. The summed E-state index contributed by atoms with van der Waals surface area (Å²) in [7, 11) is 1.65. The van der Waals surface area contributed by atoms with Crippen LogP contribution in [0.2, 0.25) is 0 Å². The van der Waals surface area contributed by atoms with E-state index in [4.69, 9.17) is 28.8 Å². The number of aromatic nitrogens is 1.